The fourth-order valence-electron chi connectivity index (χ4n) is 5.26. The second-order valence-electron chi connectivity index (χ2n) is 10.4. The summed E-state index contributed by atoms with van der Waals surface area (Å²) in [5.74, 6) is -0.208. The third kappa shape index (κ3) is 7.29. The second-order valence-corrected chi connectivity index (χ2v) is 10.4. The first-order chi connectivity index (χ1) is 20.1. The topological polar surface area (TPSA) is 112 Å². The monoisotopic (exact) mass is 558 g/mol. The van der Waals surface area contributed by atoms with E-state index in [1.54, 1.807) is 7.11 Å². The highest BCUT2D eigenvalue weighted by Gasteiger charge is 2.47. The number of aliphatic hydroxyl groups excluding tert-OH is 1. The van der Waals surface area contributed by atoms with Gasteiger partial charge in [-0.3, -0.25) is 4.79 Å². The zero-order valence-electron chi connectivity index (χ0n) is 23.3. The number of carbonyl (C=O) groups excluding carboxylic acids is 1. The van der Waals surface area contributed by atoms with Gasteiger partial charge in [-0.25, -0.2) is 0 Å². The van der Waals surface area contributed by atoms with E-state index in [2.05, 4.69) is 41.7 Å². The summed E-state index contributed by atoms with van der Waals surface area (Å²) in [6.45, 7) is 1.02. The summed E-state index contributed by atoms with van der Waals surface area (Å²) in [4.78, 5) is 12.9. The molecule has 1 heterocycles. The molecule has 0 saturated carbocycles. The molecule has 216 valence electrons. The standard InChI is InChI=1S/C33H38N2O6/c1-38-21-28-31(37)32(39-19-22-12-14-24-7-2-4-9-26(24)17-22)30(35-29(36)11-6-16-34)33(41-28)40-20-23-13-15-25-8-3-5-10-27(25)18-23/h2-5,7-10,12-15,17-18,28,30-33,37H,6,11,16,19-21,34H2,1H3,(H,35,36)/t28-,30-,31-,32-,33?/m1/s1. The zero-order valence-corrected chi connectivity index (χ0v) is 23.3. The van der Waals surface area contributed by atoms with Crippen molar-refractivity contribution in [1.29, 1.82) is 0 Å². The summed E-state index contributed by atoms with van der Waals surface area (Å²) < 4.78 is 24.2. The molecule has 4 N–H and O–H groups in total. The third-order valence-electron chi connectivity index (χ3n) is 7.42. The molecule has 0 radical (unpaired) electrons. The Balaban J connectivity index is 1.37. The first kappa shape index (κ1) is 29.1. The number of ether oxygens (including phenoxy) is 4. The van der Waals surface area contributed by atoms with Gasteiger partial charge in [0.25, 0.3) is 0 Å². The van der Waals surface area contributed by atoms with Crippen molar-refractivity contribution in [2.75, 3.05) is 20.3 Å². The fraction of sp³-hybridized carbons (Fsp3) is 0.364. The van der Waals surface area contributed by atoms with E-state index in [0.29, 0.717) is 13.0 Å². The molecule has 0 bridgehead atoms. The zero-order chi connectivity index (χ0) is 28.6. The van der Waals surface area contributed by atoms with Crippen molar-refractivity contribution in [3.63, 3.8) is 0 Å². The largest absolute Gasteiger partial charge is 0.388 e. The predicted octanol–water partition coefficient (Wildman–Crippen LogP) is 4.05. The Bertz CT molecular complexity index is 1450. The molecule has 5 rings (SSSR count). The van der Waals surface area contributed by atoms with Gasteiger partial charge < -0.3 is 35.1 Å². The molecule has 41 heavy (non-hydrogen) atoms. The highest BCUT2D eigenvalue weighted by molar-refractivity contribution is 5.83. The summed E-state index contributed by atoms with van der Waals surface area (Å²) in [7, 11) is 1.55. The first-order valence-electron chi connectivity index (χ1n) is 14.1. The van der Waals surface area contributed by atoms with E-state index < -0.39 is 30.6 Å². The van der Waals surface area contributed by atoms with E-state index in [1.165, 1.54) is 0 Å². The van der Waals surface area contributed by atoms with Crippen LogP contribution in [0.4, 0.5) is 0 Å². The molecule has 1 fully saturated rings. The maximum absolute atomic E-state index is 12.9. The van der Waals surface area contributed by atoms with E-state index >= 15 is 0 Å². The van der Waals surface area contributed by atoms with Crippen molar-refractivity contribution in [2.45, 2.75) is 56.7 Å². The van der Waals surface area contributed by atoms with E-state index in [-0.39, 0.29) is 32.1 Å². The van der Waals surface area contributed by atoms with Crippen molar-refractivity contribution < 1.29 is 28.8 Å². The third-order valence-corrected chi connectivity index (χ3v) is 7.42. The number of aliphatic hydroxyl groups is 1. The maximum atomic E-state index is 12.9. The number of fused-ring (bicyclic) bond motifs is 2. The van der Waals surface area contributed by atoms with Crippen LogP contribution in [0.5, 0.6) is 0 Å². The summed E-state index contributed by atoms with van der Waals surface area (Å²) in [5, 5.41) is 18.8. The lowest BCUT2D eigenvalue weighted by atomic mass is 9.96. The molecular weight excluding hydrogens is 520 g/mol. The van der Waals surface area contributed by atoms with Gasteiger partial charge in [-0.05, 0) is 57.8 Å². The molecule has 0 spiro atoms. The van der Waals surface area contributed by atoms with Crippen LogP contribution in [0, 0.1) is 0 Å². The quantitative estimate of drug-likeness (QED) is 0.241. The van der Waals surface area contributed by atoms with Crippen LogP contribution in [-0.2, 0) is 37.0 Å². The van der Waals surface area contributed by atoms with Gasteiger partial charge in [0, 0.05) is 13.5 Å². The number of benzene rings is 4. The molecule has 8 nitrogen and oxygen atoms in total. The van der Waals surface area contributed by atoms with Gasteiger partial charge in [0.1, 0.15) is 24.4 Å². The highest BCUT2D eigenvalue weighted by Crippen LogP contribution is 2.28. The number of amides is 1. The van der Waals surface area contributed by atoms with Gasteiger partial charge >= 0.3 is 0 Å². The number of hydrogen-bond acceptors (Lipinski definition) is 7. The van der Waals surface area contributed by atoms with Gasteiger partial charge in [-0.1, -0.05) is 72.8 Å². The van der Waals surface area contributed by atoms with Crippen LogP contribution in [0.15, 0.2) is 84.9 Å². The molecule has 0 aromatic heterocycles. The lowest BCUT2D eigenvalue weighted by Gasteiger charge is -2.44. The van der Waals surface area contributed by atoms with Crippen molar-refractivity contribution in [2.24, 2.45) is 5.73 Å². The lowest BCUT2D eigenvalue weighted by Crippen LogP contribution is -2.65. The minimum Gasteiger partial charge on any atom is -0.388 e. The molecule has 1 saturated heterocycles. The van der Waals surface area contributed by atoms with Crippen LogP contribution in [-0.4, -0.2) is 61.9 Å². The van der Waals surface area contributed by atoms with Crippen molar-refractivity contribution in [3.8, 4) is 0 Å². The molecule has 4 aromatic carbocycles. The van der Waals surface area contributed by atoms with Crippen LogP contribution in [0.25, 0.3) is 21.5 Å². The Labute approximate surface area is 240 Å². The number of rotatable bonds is 12. The predicted molar refractivity (Wildman–Crippen MR) is 158 cm³/mol. The molecule has 1 aliphatic rings. The fourth-order valence-corrected chi connectivity index (χ4v) is 5.26. The Morgan fingerprint density at radius 1 is 0.878 bits per heavy atom. The Hall–Kier alpha value is -3.37. The minimum absolute atomic E-state index is 0.140. The molecular formula is C33H38N2O6. The number of methoxy groups -OCH3 is 1. The average Bonchev–Trinajstić information content (AvgIpc) is 3.00. The van der Waals surface area contributed by atoms with E-state index in [9.17, 15) is 9.90 Å². The molecule has 5 atom stereocenters. The number of nitrogens with one attached hydrogen (secondary N) is 1. The highest BCUT2D eigenvalue weighted by atomic mass is 16.7. The lowest BCUT2D eigenvalue weighted by molar-refractivity contribution is -0.282. The molecule has 8 heteroatoms. The summed E-state index contributed by atoms with van der Waals surface area (Å²) in [6, 6.07) is 27.7. The van der Waals surface area contributed by atoms with Crippen LogP contribution in [0.1, 0.15) is 24.0 Å². The van der Waals surface area contributed by atoms with Gasteiger partial charge in [-0.15, -0.1) is 0 Å². The summed E-state index contributed by atoms with van der Waals surface area (Å²) >= 11 is 0. The van der Waals surface area contributed by atoms with Crippen molar-refractivity contribution >= 4 is 27.5 Å². The van der Waals surface area contributed by atoms with E-state index in [1.807, 2.05) is 48.5 Å². The number of nitrogens with two attached hydrogens (primary N) is 1. The Morgan fingerprint density at radius 3 is 2.05 bits per heavy atom. The van der Waals surface area contributed by atoms with Crippen LogP contribution < -0.4 is 11.1 Å². The first-order valence-corrected chi connectivity index (χ1v) is 14.1. The van der Waals surface area contributed by atoms with Gasteiger partial charge in [0.2, 0.25) is 5.91 Å². The van der Waals surface area contributed by atoms with Crippen molar-refractivity contribution in [1.82, 2.24) is 5.32 Å². The van der Waals surface area contributed by atoms with Gasteiger partial charge in [-0.2, -0.15) is 0 Å². The summed E-state index contributed by atoms with van der Waals surface area (Å²) in [6.07, 6.45) is -2.66. The van der Waals surface area contributed by atoms with Crippen LogP contribution in [0.2, 0.25) is 0 Å². The SMILES string of the molecule is COC[C@H]1OC(OCc2ccc3ccccc3c2)[C@H](NC(=O)CCCN)[C@@H](OCc2ccc3ccccc3c2)[C@@H]1O. The smallest absolute Gasteiger partial charge is 0.220 e. The molecule has 4 aromatic rings. The molecule has 0 aliphatic carbocycles. The van der Waals surface area contributed by atoms with Crippen LogP contribution >= 0.6 is 0 Å². The Kier molecular flexibility index (Phi) is 9.95. The maximum Gasteiger partial charge on any atom is 0.220 e. The Morgan fingerprint density at radius 2 is 1.46 bits per heavy atom. The molecule has 1 amide bonds. The van der Waals surface area contributed by atoms with Crippen molar-refractivity contribution in [3.05, 3.63) is 96.1 Å². The van der Waals surface area contributed by atoms with E-state index in [4.69, 9.17) is 24.7 Å². The molecule has 1 unspecified atom stereocenters. The number of carbonyl (C=O) groups is 1. The van der Waals surface area contributed by atoms with Gasteiger partial charge in [0.05, 0.1) is 19.8 Å². The second kappa shape index (κ2) is 14.0. The van der Waals surface area contributed by atoms with Gasteiger partial charge in [0.15, 0.2) is 6.29 Å². The number of hydrogen-bond donors (Lipinski definition) is 3. The average molecular weight is 559 g/mol. The summed E-state index contributed by atoms with van der Waals surface area (Å²) in [5.41, 5.74) is 7.55. The minimum atomic E-state index is -1.06. The normalized spacial score (nSPS) is 22.7. The molecule has 1 aliphatic heterocycles. The van der Waals surface area contributed by atoms with E-state index in [0.717, 1.165) is 32.7 Å². The van der Waals surface area contributed by atoms with Crippen LogP contribution in [0.3, 0.4) is 0 Å².